The Kier molecular flexibility index (Phi) is 5.30. The van der Waals surface area contributed by atoms with Crippen molar-refractivity contribution in [2.24, 2.45) is 0 Å². The van der Waals surface area contributed by atoms with E-state index < -0.39 is 0 Å². The lowest BCUT2D eigenvalue weighted by atomic mass is 10.1. The fourth-order valence-corrected chi connectivity index (χ4v) is 3.94. The second kappa shape index (κ2) is 8.01. The Labute approximate surface area is 160 Å². The number of methoxy groups -OCH3 is 1. The number of likely N-dealkylation sites (tertiary alicyclic amines) is 1. The second-order valence-corrected chi connectivity index (χ2v) is 7.15. The average molecular weight is 365 g/mol. The molecule has 0 N–H and O–H groups in total. The van der Waals surface area contributed by atoms with Crippen LogP contribution in [-0.2, 0) is 0 Å². The van der Waals surface area contributed by atoms with Gasteiger partial charge in [-0.15, -0.1) is 0 Å². The fraction of sp³-hybridized carbons (Fsp3) is 0.409. The van der Waals surface area contributed by atoms with Crippen LogP contribution in [0.25, 0.3) is 22.9 Å². The van der Waals surface area contributed by atoms with Gasteiger partial charge in [-0.1, -0.05) is 6.92 Å². The Hall–Kier alpha value is -2.53. The summed E-state index contributed by atoms with van der Waals surface area (Å²) in [5.74, 6) is 3.42. The molecule has 1 aromatic carbocycles. The third kappa shape index (κ3) is 3.78. The summed E-state index contributed by atoms with van der Waals surface area (Å²) < 4.78 is 13.7. The molecule has 0 spiro atoms. The number of furan rings is 1. The van der Waals surface area contributed by atoms with Crippen molar-refractivity contribution in [1.29, 1.82) is 0 Å². The lowest BCUT2D eigenvalue weighted by molar-refractivity contribution is 0.178. The van der Waals surface area contributed by atoms with E-state index in [0.29, 0.717) is 6.04 Å². The van der Waals surface area contributed by atoms with Gasteiger partial charge in [-0.3, -0.25) is 0 Å². The fourth-order valence-electron chi connectivity index (χ4n) is 3.94. The Balaban J connectivity index is 1.56. The highest BCUT2D eigenvalue weighted by Crippen LogP contribution is 2.31. The molecule has 1 unspecified atom stereocenters. The Bertz CT molecular complexity index is 864. The molecule has 1 saturated heterocycles. The molecule has 142 valence electrons. The monoisotopic (exact) mass is 365 g/mol. The van der Waals surface area contributed by atoms with Crippen LogP contribution in [0.2, 0.25) is 0 Å². The second-order valence-electron chi connectivity index (χ2n) is 7.15. The van der Waals surface area contributed by atoms with E-state index in [9.17, 15) is 0 Å². The van der Waals surface area contributed by atoms with Crippen molar-refractivity contribution in [2.75, 3.05) is 26.7 Å². The first kappa shape index (κ1) is 17.9. The summed E-state index contributed by atoms with van der Waals surface area (Å²) in [5, 5.41) is 0. The van der Waals surface area contributed by atoms with E-state index in [-0.39, 0.29) is 0 Å². The zero-order valence-electron chi connectivity index (χ0n) is 16.1. The van der Waals surface area contributed by atoms with Crippen LogP contribution in [0.1, 0.15) is 32.2 Å². The van der Waals surface area contributed by atoms with Crippen molar-refractivity contribution in [2.45, 2.75) is 32.2 Å². The van der Waals surface area contributed by atoms with Gasteiger partial charge < -0.3 is 18.6 Å². The quantitative estimate of drug-likeness (QED) is 0.625. The summed E-state index contributed by atoms with van der Waals surface area (Å²) in [6.45, 7) is 5.71. The first-order chi connectivity index (χ1) is 13.3. The van der Waals surface area contributed by atoms with Crippen LogP contribution in [0.4, 0.5) is 0 Å². The highest BCUT2D eigenvalue weighted by molar-refractivity contribution is 5.62. The van der Waals surface area contributed by atoms with Gasteiger partial charge in [-0.25, -0.2) is 4.98 Å². The topological polar surface area (TPSA) is 43.4 Å². The smallest absolute Gasteiger partial charge is 0.176 e. The van der Waals surface area contributed by atoms with Gasteiger partial charge in [0.15, 0.2) is 11.6 Å². The SMILES string of the molecule is CCCN1CCCC(n2ccnc2-c2ccc(-c3ccc(OC)cc3)o2)C1. The van der Waals surface area contributed by atoms with E-state index in [2.05, 4.69) is 27.6 Å². The van der Waals surface area contributed by atoms with E-state index >= 15 is 0 Å². The van der Waals surface area contributed by atoms with Crippen molar-refractivity contribution in [3.8, 4) is 28.7 Å². The van der Waals surface area contributed by atoms with Gasteiger partial charge in [0.2, 0.25) is 0 Å². The molecule has 3 heterocycles. The van der Waals surface area contributed by atoms with Gasteiger partial charge in [0.1, 0.15) is 11.5 Å². The lowest BCUT2D eigenvalue weighted by Crippen LogP contribution is -2.37. The third-order valence-corrected chi connectivity index (χ3v) is 5.28. The molecule has 1 aliphatic heterocycles. The number of imidazole rings is 1. The number of hydrogen-bond donors (Lipinski definition) is 0. The highest BCUT2D eigenvalue weighted by atomic mass is 16.5. The number of hydrogen-bond acceptors (Lipinski definition) is 4. The third-order valence-electron chi connectivity index (χ3n) is 5.28. The molecule has 5 heteroatoms. The van der Waals surface area contributed by atoms with Crippen molar-refractivity contribution >= 4 is 0 Å². The molecular weight excluding hydrogens is 338 g/mol. The predicted molar refractivity (Wildman–Crippen MR) is 107 cm³/mol. The molecule has 0 aliphatic carbocycles. The number of ether oxygens (including phenoxy) is 1. The van der Waals surface area contributed by atoms with E-state index in [0.717, 1.165) is 35.2 Å². The van der Waals surface area contributed by atoms with Gasteiger partial charge in [0, 0.05) is 30.5 Å². The zero-order chi connectivity index (χ0) is 18.6. The lowest BCUT2D eigenvalue weighted by Gasteiger charge is -2.33. The molecule has 5 nitrogen and oxygen atoms in total. The normalized spacial score (nSPS) is 17.9. The number of piperidine rings is 1. The average Bonchev–Trinajstić information content (AvgIpc) is 3.38. The first-order valence-corrected chi connectivity index (χ1v) is 9.78. The summed E-state index contributed by atoms with van der Waals surface area (Å²) in [6.07, 6.45) is 7.59. The minimum atomic E-state index is 0.456. The van der Waals surface area contributed by atoms with Crippen LogP contribution in [0.15, 0.2) is 53.2 Å². The molecule has 4 rings (SSSR count). The van der Waals surface area contributed by atoms with Crippen LogP contribution < -0.4 is 4.74 Å². The van der Waals surface area contributed by atoms with Crippen LogP contribution in [0, 0.1) is 0 Å². The molecule has 0 radical (unpaired) electrons. The molecule has 2 aromatic heterocycles. The molecule has 1 atom stereocenters. The van der Waals surface area contributed by atoms with E-state index in [1.165, 1.54) is 32.4 Å². The summed E-state index contributed by atoms with van der Waals surface area (Å²) in [7, 11) is 1.67. The molecule has 0 saturated carbocycles. The minimum Gasteiger partial charge on any atom is -0.497 e. The summed E-state index contributed by atoms with van der Waals surface area (Å²) in [5.41, 5.74) is 1.03. The standard InChI is InChI=1S/C22H27N3O2/c1-3-13-24-14-4-5-18(16-24)25-15-12-23-22(25)21-11-10-20(27-21)17-6-8-19(26-2)9-7-17/h6-12,15,18H,3-5,13-14,16H2,1-2H3. The maximum Gasteiger partial charge on any atom is 0.176 e. The van der Waals surface area contributed by atoms with E-state index in [1.807, 2.05) is 42.6 Å². The van der Waals surface area contributed by atoms with E-state index in [1.54, 1.807) is 7.11 Å². The van der Waals surface area contributed by atoms with Crippen molar-refractivity contribution in [3.63, 3.8) is 0 Å². The van der Waals surface area contributed by atoms with Gasteiger partial charge in [-0.2, -0.15) is 0 Å². The maximum absolute atomic E-state index is 6.16. The first-order valence-electron chi connectivity index (χ1n) is 9.78. The largest absolute Gasteiger partial charge is 0.497 e. The maximum atomic E-state index is 6.16. The van der Waals surface area contributed by atoms with Gasteiger partial charge >= 0.3 is 0 Å². The van der Waals surface area contributed by atoms with Gasteiger partial charge in [0.25, 0.3) is 0 Å². The summed E-state index contributed by atoms with van der Waals surface area (Å²) in [6, 6.07) is 12.4. The Morgan fingerprint density at radius 2 is 1.96 bits per heavy atom. The Morgan fingerprint density at radius 1 is 1.15 bits per heavy atom. The zero-order valence-corrected chi connectivity index (χ0v) is 16.1. The molecule has 27 heavy (non-hydrogen) atoms. The number of rotatable bonds is 6. The van der Waals surface area contributed by atoms with Crippen LogP contribution in [0.5, 0.6) is 5.75 Å². The van der Waals surface area contributed by atoms with E-state index in [4.69, 9.17) is 9.15 Å². The molecule has 1 aliphatic rings. The molecular formula is C22H27N3O2. The highest BCUT2D eigenvalue weighted by Gasteiger charge is 2.24. The van der Waals surface area contributed by atoms with Crippen LogP contribution >= 0.6 is 0 Å². The van der Waals surface area contributed by atoms with Gasteiger partial charge in [-0.05, 0) is 68.8 Å². The predicted octanol–water partition coefficient (Wildman–Crippen LogP) is 4.87. The molecule has 0 amide bonds. The van der Waals surface area contributed by atoms with Crippen LogP contribution in [-0.4, -0.2) is 41.2 Å². The summed E-state index contributed by atoms with van der Waals surface area (Å²) >= 11 is 0. The number of nitrogens with zero attached hydrogens (tertiary/aromatic N) is 3. The van der Waals surface area contributed by atoms with Crippen molar-refractivity contribution in [1.82, 2.24) is 14.5 Å². The van der Waals surface area contributed by atoms with Crippen LogP contribution in [0.3, 0.4) is 0 Å². The molecule has 1 fully saturated rings. The minimum absolute atomic E-state index is 0.456. The summed E-state index contributed by atoms with van der Waals surface area (Å²) in [4.78, 5) is 7.16. The van der Waals surface area contributed by atoms with Crippen molar-refractivity contribution in [3.05, 3.63) is 48.8 Å². The Morgan fingerprint density at radius 3 is 2.74 bits per heavy atom. The van der Waals surface area contributed by atoms with Crippen molar-refractivity contribution < 1.29 is 9.15 Å². The molecule has 3 aromatic rings. The molecule has 0 bridgehead atoms. The van der Waals surface area contributed by atoms with Gasteiger partial charge in [0.05, 0.1) is 7.11 Å². The number of aromatic nitrogens is 2. The number of benzene rings is 1.